The van der Waals surface area contributed by atoms with Crippen molar-refractivity contribution in [3.8, 4) is 0 Å². The van der Waals surface area contributed by atoms with Gasteiger partial charge in [0.2, 0.25) is 0 Å². The molecule has 0 atom stereocenters. The van der Waals surface area contributed by atoms with E-state index in [1.54, 1.807) is 24.5 Å². The molecule has 2 aromatic rings. The summed E-state index contributed by atoms with van der Waals surface area (Å²) in [4.78, 5) is 15.0. The molecule has 1 N–H and O–H groups in total. The number of carbonyl (C=O) groups excluding carboxylic acids is 1. The van der Waals surface area contributed by atoms with Gasteiger partial charge in [0.1, 0.15) is 0 Å². The minimum absolute atomic E-state index is 0.263. The van der Waals surface area contributed by atoms with Gasteiger partial charge in [-0.3, -0.25) is 4.79 Å². The minimum atomic E-state index is -0.752. The monoisotopic (exact) mass is 193 g/mol. The fourth-order valence-corrected chi connectivity index (χ4v) is 1.33. The first kappa shape index (κ1) is 8.68. The standard InChI is InChI=1S/C9H8FN3O/c1-13-5-11-7-4-6(9(14)12-10)2-3-8(7)13/h2-5H,1H3,(H,12,14). The van der Waals surface area contributed by atoms with Crippen molar-refractivity contribution in [2.45, 2.75) is 0 Å². The Morgan fingerprint density at radius 3 is 3.07 bits per heavy atom. The third kappa shape index (κ3) is 1.22. The van der Waals surface area contributed by atoms with Gasteiger partial charge in [0.25, 0.3) is 5.91 Å². The number of aromatic nitrogens is 2. The molecular weight excluding hydrogens is 185 g/mol. The zero-order chi connectivity index (χ0) is 10.1. The van der Waals surface area contributed by atoms with E-state index < -0.39 is 5.91 Å². The van der Waals surface area contributed by atoms with Crippen molar-refractivity contribution in [3.05, 3.63) is 30.1 Å². The molecule has 0 saturated heterocycles. The molecule has 1 heterocycles. The Bertz CT molecular complexity index is 492. The molecule has 0 radical (unpaired) electrons. The molecule has 0 fully saturated rings. The van der Waals surface area contributed by atoms with E-state index in [4.69, 9.17) is 0 Å². The smallest absolute Gasteiger partial charge is 0.279 e. The van der Waals surface area contributed by atoms with Crippen LogP contribution in [0.4, 0.5) is 4.48 Å². The summed E-state index contributed by atoms with van der Waals surface area (Å²) in [7, 11) is 1.85. The van der Waals surface area contributed by atoms with Crippen molar-refractivity contribution in [3.63, 3.8) is 0 Å². The molecule has 2 rings (SSSR count). The Morgan fingerprint density at radius 1 is 1.57 bits per heavy atom. The number of rotatable bonds is 1. The van der Waals surface area contributed by atoms with Crippen LogP contribution in [-0.2, 0) is 7.05 Å². The van der Waals surface area contributed by atoms with E-state index in [1.807, 2.05) is 11.6 Å². The second-order valence-corrected chi connectivity index (χ2v) is 2.98. The quantitative estimate of drug-likeness (QED) is 0.691. The summed E-state index contributed by atoms with van der Waals surface area (Å²) in [5.74, 6) is -0.752. The maximum atomic E-state index is 11.9. The highest BCUT2D eigenvalue weighted by Gasteiger charge is 2.07. The third-order valence-electron chi connectivity index (χ3n) is 2.07. The Balaban J connectivity index is 2.57. The molecule has 0 unspecified atom stereocenters. The average molecular weight is 193 g/mol. The fraction of sp³-hybridized carbons (Fsp3) is 0.111. The Hall–Kier alpha value is -1.91. The molecule has 0 aliphatic rings. The topological polar surface area (TPSA) is 46.9 Å². The van der Waals surface area contributed by atoms with Gasteiger partial charge in [-0.1, -0.05) is 4.48 Å². The highest BCUT2D eigenvalue weighted by Crippen LogP contribution is 2.13. The van der Waals surface area contributed by atoms with E-state index in [0.717, 1.165) is 11.1 Å². The van der Waals surface area contributed by atoms with E-state index in [1.165, 1.54) is 0 Å². The molecular formula is C9H8FN3O. The number of amides is 1. The van der Waals surface area contributed by atoms with Gasteiger partial charge < -0.3 is 4.57 Å². The maximum Gasteiger partial charge on any atom is 0.279 e. The average Bonchev–Trinajstić information content (AvgIpc) is 2.59. The predicted octanol–water partition coefficient (Wildman–Crippen LogP) is 1.19. The van der Waals surface area contributed by atoms with Crippen molar-refractivity contribution in [1.82, 2.24) is 15.1 Å². The van der Waals surface area contributed by atoms with E-state index in [0.29, 0.717) is 5.52 Å². The number of hydrogen-bond donors (Lipinski definition) is 1. The number of nitrogens with one attached hydrogen (secondary N) is 1. The third-order valence-corrected chi connectivity index (χ3v) is 2.07. The minimum Gasteiger partial charge on any atom is -0.334 e. The molecule has 14 heavy (non-hydrogen) atoms. The number of fused-ring (bicyclic) bond motifs is 1. The van der Waals surface area contributed by atoms with Gasteiger partial charge in [0, 0.05) is 12.6 Å². The Labute approximate surface area is 79.3 Å². The summed E-state index contributed by atoms with van der Waals surface area (Å²) >= 11 is 0. The summed E-state index contributed by atoms with van der Waals surface area (Å²) in [6.07, 6.45) is 1.64. The predicted molar refractivity (Wildman–Crippen MR) is 49.3 cm³/mol. The van der Waals surface area contributed by atoms with Gasteiger partial charge in [-0.15, -0.1) is 0 Å². The highest BCUT2D eigenvalue weighted by atomic mass is 19.2. The van der Waals surface area contributed by atoms with Crippen LogP contribution in [-0.4, -0.2) is 15.5 Å². The van der Waals surface area contributed by atoms with Gasteiger partial charge in [-0.05, 0) is 18.2 Å². The number of aryl methyl sites for hydroxylation is 1. The van der Waals surface area contributed by atoms with Crippen molar-refractivity contribution in [2.75, 3.05) is 0 Å². The van der Waals surface area contributed by atoms with E-state index in [2.05, 4.69) is 4.98 Å². The first-order valence-electron chi connectivity index (χ1n) is 4.04. The maximum absolute atomic E-state index is 11.9. The number of hydrogen-bond acceptors (Lipinski definition) is 2. The normalized spacial score (nSPS) is 10.4. The van der Waals surface area contributed by atoms with Gasteiger partial charge >= 0.3 is 0 Å². The van der Waals surface area contributed by atoms with Crippen LogP contribution in [0.1, 0.15) is 10.4 Å². The second-order valence-electron chi connectivity index (χ2n) is 2.98. The number of benzene rings is 1. The molecule has 1 aromatic carbocycles. The van der Waals surface area contributed by atoms with Crippen LogP contribution in [0.25, 0.3) is 11.0 Å². The summed E-state index contributed by atoms with van der Waals surface area (Å²) in [5.41, 5.74) is 2.92. The van der Waals surface area contributed by atoms with Gasteiger partial charge in [0.05, 0.1) is 17.4 Å². The summed E-state index contributed by atoms with van der Waals surface area (Å²) in [6, 6.07) is 4.83. The van der Waals surface area contributed by atoms with E-state index >= 15 is 0 Å². The first-order valence-corrected chi connectivity index (χ1v) is 4.04. The number of nitrogens with zero attached hydrogens (tertiary/aromatic N) is 2. The molecule has 1 aromatic heterocycles. The lowest BCUT2D eigenvalue weighted by Crippen LogP contribution is -2.13. The number of carbonyl (C=O) groups is 1. The number of imidazole rings is 1. The highest BCUT2D eigenvalue weighted by molar-refractivity contribution is 5.96. The molecule has 0 bridgehead atoms. The molecule has 0 aliphatic carbocycles. The lowest BCUT2D eigenvalue weighted by Gasteiger charge is -1.97. The van der Waals surface area contributed by atoms with Crippen LogP contribution >= 0.6 is 0 Å². The lowest BCUT2D eigenvalue weighted by atomic mass is 10.2. The van der Waals surface area contributed by atoms with Gasteiger partial charge in [0.15, 0.2) is 0 Å². The van der Waals surface area contributed by atoms with E-state index in [-0.39, 0.29) is 5.56 Å². The second kappa shape index (κ2) is 3.10. The lowest BCUT2D eigenvalue weighted by molar-refractivity contribution is 0.0859. The largest absolute Gasteiger partial charge is 0.334 e. The molecule has 72 valence electrons. The van der Waals surface area contributed by atoms with Gasteiger partial charge in [-0.2, -0.15) is 5.54 Å². The summed E-state index contributed by atoms with van der Waals surface area (Å²) in [5, 5.41) is 0. The van der Waals surface area contributed by atoms with Crippen molar-refractivity contribution >= 4 is 16.9 Å². The van der Waals surface area contributed by atoms with Crippen molar-refractivity contribution in [2.24, 2.45) is 7.05 Å². The Kier molecular flexibility index (Phi) is 1.92. The molecule has 0 saturated carbocycles. The summed E-state index contributed by atoms with van der Waals surface area (Å²) < 4.78 is 13.7. The molecule has 1 amide bonds. The zero-order valence-electron chi connectivity index (χ0n) is 7.49. The zero-order valence-corrected chi connectivity index (χ0v) is 7.49. The Morgan fingerprint density at radius 2 is 2.36 bits per heavy atom. The van der Waals surface area contributed by atoms with Crippen LogP contribution in [0.5, 0.6) is 0 Å². The summed E-state index contributed by atoms with van der Waals surface area (Å²) in [6.45, 7) is 0. The number of halogens is 1. The van der Waals surface area contributed by atoms with Crippen LogP contribution in [0, 0.1) is 0 Å². The molecule has 4 nitrogen and oxygen atoms in total. The first-order chi connectivity index (χ1) is 6.72. The van der Waals surface area contributed by atoms with E-state index in [9.17, 15) is 9.28 Å². The fourth-order valence-electron chi connectivity index (χ4n) is 1.33. The van der Waals surface area contributed by atoms with Crippen LogP contribution < -0.4 is 5.54 Å². The van der Waals surface area contributed by atoms with Crippen LogP contribution in [0.2, 0.25) is 0 Å². The van der Waals surface area contributed by atoms with Gasteiger partial charge in [-0.25, -0.2) is 4.98 Å². The molecule has 5 heteroatoms. The van der Waals surface area contributed by atoms with Crippen molar-refractivity contribution in [1.29, 1.82) is 0 Å². The van der Waals surface area contributed by atoms with Crippen molar-refractivity contribution < 1.29 is 9.28 Å². The molecule has 0 spiro atoms. The molecule has 0 aliphatic heterocycles. The van der Waals surface area contributed by atoms with Crippen LogP contribution in [0.3, 0.4) is 0 Å². The van der Waals surface area contributed by atoms with Crippen LogP contribution in [0.15, 0.2) is 24.5 Å². The SMILES string of the molecule is Cn1cnc2cc(C(=O)NF)ccc21.